The molecule has 1 aliphatic rings. The maximum absolute atomic E-state index is 11.4. The summed E-state index contributed by atoms with van der Waals surface area (Å²) >= 11 is 0. The zero-order chi connectivity index (χ0) is 13.9. The van der Waals surface area contributed by atoms with Crippen LogP contribution in [0, 0.1) is 0 Å². The molecule has 0 N–H and O–H groups in total. The Labute approximate surface area is 116 Å². The Morgan fingerprint density at radius 2 is 2.00 bits per heavy atom. The van der Waals surface area contributed by atoms with Crippen LogP contribution in [0.1, 0.15) is 32.6 Å². The molecule has 0 unspecified atom stereocenters. The monoisotopic (exact) mass is 267 g/mol. The summed E-state index contributed by atoms with van der Waals surface area (Å²) in [4.78, 5) is 13.6. The predicted octanol–water partition coefficient (Wildman–Crippen LogP) is 2.51. The molecule has 0 aromatic rings. The summed E-state index contributed by atoms with van der Waals surface area (Å²) in [7, 11) is 1.40. The Morgan fingerprint density at radius 1 is 1.26 bits per heavy atom. The highest BCUT2D eigenvalue weighted by atomic mass is 16.5. The molecule has 1 heterocycles. The van der Waals surface area contributed by atoms with Crippen molar-refractivity contribution in [1.29, 1.82) is 0 Å². The van der Waals surface area contributed by atoms with Gasteiger partial charge in [-0.2, -0.15) is 0 Å². The van der Waals surface area contributed by atoms with Crippen molar-refractivity contribution in [2.45, 2.75) is 32.6 Å². The summed E-state index contributed by atoms with van der Waals surface area (Å²) in [6, 6.07) is 0. The smallest absolute Gasteiger partial charge is 0.332 e. The van der Waals surface area contributed by atoms with Crippen LogP contribution in [0.2, 0.25) is 0 Å². The Hall–Kier alpha value is -1.29. The molecule has 0 aromatic heterocycles. The number of nitrogens with zero attached hydrogens (tertiary/aromatic N) is 1. The average molecular weight is 267 g/mol. The molecule has 1 fully saturated rings. The molecule has 0 bridgehead atoms. The first-order valence-corrected chi connectivity index (χ1v) is 7.04. The molecular formula is C15H25NO3. The molecule has 0 aliphatic carbocycles. The van der Waals surface area contributed by atoms with Crippen molar-refractivity contribution in [3.05, 3.63) is 23.9 Å². The van der Waals surface area contributed by atoms with Gasteiger partial charge in [-0.05, 0) is 19.3 Å². The maximum atomic E-state index is 11.4. The Bertz CT molecular complexity index is 317. The van der Waals surface area contributed by atoms with Crippen LogP contribution in [-0.4, -0.2) is 44.3 Å². The number of rotatable bonds is 8. The summed E-state index contributed by atoms with van der Waals surface area (Å²) in [5.41, 5.74) is 0.924. The third-order valence-electron chi connectivity index (χ3n) is 3.08. The number of methoxy groups -OCH3 is 1. The Kier molecular flexibility index (Phi) is 7.98. The molecule has 108 valence electrons. The number of hydrogen-bond acceptors (Lipinski definition) is 4. The average Bonchev–Trinajstić information content (AvgIpc) is 2.95. The van der Waals surface area contributed by atoms with E-state index in [2.05, 4.69) is 22.6 Å². The van der Waals surface area contributed by atoms with E-state index in [1.165, 1.54) is 20.0 Å². The van der Waals surface area contributed by atoms with Crippen LogP contribution < -0.4 is 0 Å². The second-order valence-corrected chi connectivity index (χ2v) is 4.63. The quantitative estimate of drug-likeness (QED) is 0.293. The molecular weight excluding hydrogens is 242 g/mol. The molecule has 0 spiro atoms. The molecule has 19 heavy (non-hydrogen) atoms. The number of esters is 1. The normalized spacial score (nSPS) is 16.3. The molecule has 1 aliphatic heterocycles. The van der Waals surface area contributed by atoms with E-state index in [4.69, 9.17) is 4.74 Å². The fourth-order valence-electron chi connectivity index (χ4n) is 2.01. The number of likely N-dealkylation sites (tertiary alicyclic amines) is 1. The topological polar surface area (TPSA) is 38.8 Å². The van der Waals surface area contributed by atoms with Crippen molar-refractivity contribution in [3.8, 4) is 0 Å². The van der Waals surface area contributed by atoms with Crippen molar-refractivity contribution in [1.82, 2.24) is 4.90 Å². The van der Waals surface area contributed by atoms with E-state index >= 15 is 0 Å². The van der Waals surface area contributed by atoms with Crippen LogP contribution in [0.5, 0.6) is 0 Å². The fraction of sp³-hybridized carbons (Fsp3) is 0.667. The minimum Gasteiger partial charge on any atom is -0.466 e. The fourth-order valence-corrected chi connectivity index (χ4v) is 2.01. The van der Waals surface area contributed by atoms with E-state index in [1.807, 2.05) is 6.08 Å². The van der Waals surface area contributed by atoms with Crippen LogP contribution in [0.25, 0.3) is 0 Å². The van der Waals surface area contributed by atoms with Gasteiger partial charge < -0.3 is 14.4 Å². The molecule has 1 saturated heterocycles. The van der Waals surface area contributed by atoms with Crippen molar-refractivity contribution >= 4 is 5.97 Å². The van der Waals surface area contributed by atoms with Gasteiger partial charge in [-0.25, -0.2) is 4.79 Å². The van der Waals surface area contributed by atoms with E-state index in [1.54, 1.807) is 6.08 Å². The second kappa shape index (κ2) is 9.62. The number of ether oxygens (including phenoxy) is 2. The third kappa shape index (κ3) is 6.43. The van der Waals surface area contributed by atoms with E-state index < -0.39 is 0 Å². The van der Waals surface area contributed by atoms with Gasteiger partial charge in [0.05, 0.1) is 20.3 Å². The SMILES string of the molecule is CCC/C=C/COC/C(=C\C(=O)OC)N1CCCC1. The number of carbonyl (C=O) groups is 1. The van der Waals surface area contributed by atoms with Gasteiger partial charge >= 0.3 is 5.97 Å². The van der Waals surface area contributed by atoms with Gasteiger partial charge in [0.25, 0.3) is 0 Å². The molecule has 1 rings (SSSR count). The lowest BCUT2D eigenvalue weighted by Crippen LogP contribution is -2.23. The third-order valence-corrected chi connectivity index (χ3v) is 3.08. The van der Waals surface area contributed by atoms with Crippen LogP contribution in [0.4, 0.5) is 0 Å². The van der Waals surface area contributed by atoms with Gasteiger partial charge in [-0.15, -0.1) is 0 Å². The molecule has 4 nitrogen and oxygen atoms in total. The lowest BCUT2D eigenvalue weighted by Gasteiger charge is -2.21. The highest BCUT2D eigenvalue weighted by Crippen LogP contribution is 2.15. The maximum Gasteiger partial charge on any atom is 0.332 e. The molecule has 4 heteroatoms. The molecule has 0 atom stereocenters. The first-order valence-electron chi connectivity index (χ1n) is 7.04. The Morgan fingerprint density at radius 3 is 2.63 bits per heavy atom. The second-order valence-electron chi connectivity index (χ2n) is 4.63. The lowest BCUT2D eigenvalue weighted by molar-refractivity contribution is -0.135. The molecule has 0 amide bonds. The van der Waals surface area contributed by atoms with Gasteiger partial charge in [-0.1, -0.05) is 25.5 Å². The zero-order valence-electron chi connectivity index (χ0n) is 12.1. The number of allylic oxidation sites excluding steroid dienone is 1. The van der Waals surface area contributed by atoms with E-state index in [0.29, 0.717) is 13.2 Å². The van der Waals surface area contributed by atoms with Crippen molar-refractivity contribution in [2.24, 2.45) is 0 Å². The summed E-state index contributed by atoms with van der Waals surface area (Å²) in [5, 5.41) is 0. The largest absolute Gasteiger partial charge is 0.466 e. The highest BCUT2D eigenvalue weighted by Gasteiger charge is 2.16. The first kappa shape index (κ1) is 15.8. The molecule has 0 aromatic carbocycles. The number of carbonyl (C=O) groups excluding carboxylic acids is 1. The van der Waals surface area contributed by atoms with Crippen LogP contribution in [0.3, 0.4) is 0 Å². The van der Waals surface area contributed by atoms with Crippen LogP contribution in [-0.2, 0) is 14.3 Å². The van der Waals surface area contributed by atoms with Gasteiger partial charge in [-0.3, -0.25) is 0 Å². The highest BCUT2D eigenvalue weighted by molar-refractivity contribution is 5.82. The predicted molar refractivity (Wildman–Crippen MR) is 75.8 cm³/mol. The Balaban J connectivity index is 2.41. The standard InChI is InChI=1S/C15H25NO3/c1-3-4-5-8-11-19-13-14(12-15(17)18-2)16-9-6-7-10-16/h5,8,12H,3-4,6-7,9-11,13H2,1-2H3/b8-5+,14-12+. The molecule has 0 radical (unpaired) electrons. The number of hydrogen-bond donors (Lipinski definition) is 0. The van der Waals surface area contributed by atoms with Crippen LogP contribution >= 0.6 is 0 Å². The van der Waals surface area contributed by atoms with Gasteiger partial charge in [0.2, 0.25) is 0 Å². The minimum absolute atomic E-state index is 0.313. The van der Waals surface area contributed by atoms with Gasteiger partial charge in [0, 0.05) is 24.9 Å². The van der Waals surface area contributed by atoms with E-state index in [0.717, 1.165) is 31.6 Å². The van der Waals surface area contributed by atoms with Crippen molar-refractivity contribution < 1.29 is 14.3 Å². The summed E-state index contributed by atoms with van der Waals surface area (Å²) in [5.74, 6) is -0.313. The van der Waals surface area contributed by atoms with Crippen molar-refractivity contribution in [3.63, 3.8) is 0 Å². The lowest BCUT2D eigenvalue weighted by atomic mass is 10.3. The number of unbranched alkanes of at least 4 members (excludes halogenated alkanes) is 1. The summed E-state index contributed by atoms with van der Waals surface area (Å²) in [6.07, 6.45) is 10.3. The molecule has 0 saturated carbocycles. The summed E-state index contributed by atoms with van der Waals surface area (Å²) < 4.78 is 10.3. The summed E-state index contributed by atoms with van der Waals surface area (Å²) in [6.45, 7) is 5.20. The van der Waals surface area contributed by atoms with E-state index in [9.17, 15) is 4.79 Å². The van der Waals surface area contributed by atoms with Crippen molar-refractivity contribution in [2.75, 3.05) is 33.4 Å². The first-order chi connectivity index (χ1) is 9.27. The van der Waals surface area contributed by atoms with E-state index in [-0.39, 0.29) is 5.97 Å². The minimum atomic E-state index is -0.313. The van der Waals surface area contributed by atoms with Crippen LogP contribution in [0.15, 0.2) is 23.9 Å². The van der Waals surface area contributed by atoms with Gasteiger partial charge in [0.1, 0.15) is 0 Å². The zero-order valence-corrected chi connectivity index (χ0v) is 12.1. The van der Waals surface area contributed by atoms with Gasteiger partial charge in [0.15, 0.2) is 0 Å².